The lowest BCUT2D eigenvalue weighted by molar-refractivity contribution is -0.142. The van der Waals surface area contributed by atoms with E-state index in [2.05, 4.69) is 16.1 Å². The summed E-state index contributed by atoms with van der Waals surface area (Å²) in [4.78, 5) is 42.7. The van der Waals surface area contributed by atoms with Gasteiger partial charge in [0, 0.05) is 12.8 Å². The molecule has 8 nitrogen and oxygen atoms in total. The molecule has 35 heavy (non-hydrogen) atoms. The molecule has 3 aromatic carbocycles. The van der Waals surface area contributed by atoms with Crippen molar-refractivity contribution >= 4 is 17.8 Å². The Bertz CT molecular complexity index is 1080. The molecule has 182 valence electrons. The molecule has 0 aliphatic rings. The Balaban J connectivity index is 1.59. The van der Waals surface area contributed by atoms with Gasteiger partial charge in [0.05, 0.1) is 13.2 Å². The third-order valence-corrected chi connectivity index (χ3v) is 5.25. The number of carbonyl (C=O) groups excluding carboxylic acids is 2. The quantitative estimate of drug-likeness (QED) is 0.223. The van der Waals surface area contributed by atoms with Crippen LogP contribution in [0.15, 0.2) is 91.0 Å². The van der Waals surface area contributed by atoms with Crippen LogP contribution in [0.1, 0.15) is 16.7 Å². The highest BCUT2D eigenvalue weighted by Crippen LogP contribution is 2.07. The van der Waals surface area contributed by atoms with E-state index in [1.165, 1.54) is 0 Å². The Labute approximate surface area is 204 Å². The van der Waals surface area contributed by atoms with Crippen LogP contribution in [-0.4, -0.2) is 41.5 Å². The van der Waals surface area contributed by atoms with Gasteiger partial charge in [0.2, 0.25) is 11.8 Å². The molecule has 2 amide bonds. The van der Waals surface area contributed by atoms with Crippen molar-refractivity contribution in [3.8, 4) is 0 Å². The minimum atomic E-state index is -1.15. The van der Waals surface area contributed by atoms with Gasteiger partial charge in [0.25, 0.3) is 0 Å². The summed E-state index contributed by atoms with van der Waals surface area (Å²) in [5.74, 6) is -2.18. The zero-order chi connectivity index (χ0) is 24.9. The number of carboxylic acids is 1. The Morgan fingerprint density at radius 3 is 1.69 bits per heavy atom. The average Bonchev–Trinajstić information content (AvgIpc) is 2.87. The highest BCUT2D eigenvalue weighted by molar-refractivity contribution is 5.91. The predicted molar refractivity (Wildman–Crippen MR) is 131 cm³/mol. The summed E-state index contributed by atoms with van der Waals surface area (Å²) in [6.07, 6.45) is 0.337. The molecule has 0 aromatic heterocycles. The number of hydroxylamine groups is 1. The van der Waals surface area contributed by atoms with Crippen molar-refractivity contribution in [1.29, 1.82) is 0 Å². The maximum absolute atomic E-state index is 13.1. The Morgan fingerprint density at radius 2 is 1.17 bits per heavy atom. The number of carbonyl (C=O) groups is 3. The molecule has 0 heterocycles. The molecule has 4 N–H and O–H groups in total. The number of amides is 2. The van der Waals surface area contributed by atoms with E-state index in [0.29, 0.717) is 0 Å². The molecule has 0 radical (unpaired) electrons. The van der Waals surface area contributed by atoms with Crippen LogP contribution in [0.2, 0.25) is 0 Å². The predicted octanol–water partition coefficient (Wildman–Crippen LogP) is 2.25. The minimum absolute atomic E-state index is 0.128. The van der Waals surface area contributed by atoms with Gasteiger partial charge in [-0.25, -0.2) is 4.79 Å². The maximum Gasteiger partial charge on any atom is 0.326 e. The van der Waals surface area contributed by atoms with Crippen molar-refractivity contribution in [2.24, 2.45) is 0 Å². The molecule has 8 heteroatoms. The summed E-state index contributed by atoms with van der Waals surface area (Å²) >= 11 is 0. The van der Waals surface area contributed by atoms with E-state index in [1.54, 1.807) is 24.3 Å². The minimum Gasteiger partial charge on any atom is -0.480 e. The average molecular weight is 476 g/mol. The van der Waals surface area contributed by atoms with Gasteiger partial charge in [-0.15, -0.1) is 0 Å². The molecular weight excluding hydrogens is 446 g/mol. The highest BCUT2D eigenvalue weighted by atomic mass is 16.6. The molecule has 0 bridgehead atoms. The first kappa shape index (κ1) is 25.6. The standard InChI is InChI=1S/C27H29N3O5/c31-25(18-28-35-19-22-14-8-3-9-15-22)29-23(16-20-10-4-1-5-11-20)26(32)30-24(27(33)34)17-21-12-6-2-7-13-21/h1-15,23-24,28H,16-19H2,(H,29,31)(H,30,32)(H,33,34)/t23-,24-/m0/s1. The van der Waals surface area contributed by atoms with Gasteiger partial charge in [0.1, 0.15) is 12.1 Å². The second-order valence-corrected chi connectivity index (χ2v) is 7.99. The molecule has 0 saturated heterocycles. The summed E-state index contributed by atoms with van der Waals surface area (Å²) in [7, 11) is 0. The third-order valence-electron chi connectivity index (χ3n) is 5.25. The summed E-state index contributed by atoms with van der Waals surface area (Å²) in [5, 5.41) is 14.9. The molecule has 0 fully saturated rings. The summed E-state index contributed by atoms with van der Waals surface area (Å²) in [6, 6.07) is 25.6. The maximum atomic E-state index is 13.1. The molecule has 3 rings (SSSR count). The topological polar surface area (TPSA) is 117 Å². The van der Waals surface area contributed by atoms with Gasteiger partial charge in [-0.3, -0.25) is 14.4 Å². The van der Waals surface area contributed by atoms with Crippen molar-refractivity contribution in [3.63, 3.8) is 0 Å². The van der Waals surface area contributed by atoms with Gasteiger partial charge in [-0.05, 0) is 16.7 Å². The van der Waals surface area contributed by atoms with Crippen molar-refractivity contribution in [2.45, 2.75) is 31.5 Å². The Hall–Kier alpha value is -4.01. The number of rotatable bonds is 13. The van der Waals surface area contributed by atoms with Crippen molar-refractivity contribution in [2.75, 3.05) is 6.54 Å². The first-order chi connectivity index (χ1) is 17.0. The fourth-order valence-corrected chi connectivity index (χ4v) is 3.45. The molecule has 0 aliphatic heterocycles. The van der Waals surface area contributed by atoms with E-state index < -0.39 is 29.9 Å². The van der Waals surface area contributed by atoms with Crippen LogP contribution in [0, 0.1) is 0 Å². The third kappa shape index (κ3) is 9.04. The molecule has 0 spiro atoms. The van der Waals surface area contributed by atoms with Crippen LogP contribution in [0.4, 0.5) is 0 Å². The second kappa shape index (κ2) is 13.6. The number of hydrogen-bond acceptors (Lipinski definition) is 5. The number of carboxylic acid groups (broad SMARTS) is 1. The van der Waals surface area contributed by atoms with Crippen LogP contribution in [0.25, 0.3) is 0 Å². The lowest BCUT2D eigenvalue weighted by Gasteiger charge is -2.22. The molecule has 2 atom stereocenters. The van der Waals surface area contributed by atoms with Crippen LogP contribution < -0.4 is 16.1 Å². The van der Waals surface area contributed by atoms with Gasteiger partial charge in [0.15, 0.2) is 0 Å². The number of benzene rings is 3. The van der Waals surface area contributed by atoms with Gasteiger partial charge in [-0.2, -0.15) is 5.48 Å². The molecule has 3 aromatic rings. The fourth-order valence-electron chi connectivity index (χ4n) is 3.45. The molecule has 0 saturated carbocycles. The number of hydrogen-bond donors (Lipinski definition) is 4. The van der Waals surface area contributed by atoms with Gasteiger partial charge < -0.3 is 15.7 Å². The lowest BCUT2D eigenvalue weighted by Crippen LogP contribution is -2.54. The SMILES string of the molecule is O=C(CNOCc1ccccc1)N[C@@H](Cc1ccccc1)C(=O)N[C@@H](Cc1ccccc1)C(=O)O. The van der Waals surface area contributed by atoms with E-state index in [-0.39, 0.29) is 26.0 Å². The summed E-state index contributed by atoms with van der Waals surface area (Å²) in [6.45, 7) is 0.111. The summed E-state index contributed by atoms with van der Waals surface area (Å²) in [5.41, 5.74) is 5.15. The molecule has 0 unspecified atom stereocenters. The van der Waals surface area contributed by atoms with E-state index in [4.69, 9.17) is 4.84 Å². The van der Waals surface area contributed by atoms with E-state index in [0.717, 1.165) is 16.7 Å². The number of aliphatic carboxylic acids is 1. The zero-order valence-corrected chi connectivity index (χ0v) is 19.2. The van der Waals surface area contributed by atoms with Gasteiger partial charge >= 0.3 is 5.97 Å². The van der Waals surface area contributed by atoms with Gasteiger partial charge in [-0.1, -0.05) is 91.0 Å². The fraction of sp³-hybridized carbons (Fsp3) is 0.222. The van der Waals surface area contributed by atoms with Crippen molar-refractivity contribution in [3.05, 3.63) is 108 Å². The monoisotopic (exact) mass is 475 g/mol. The van der Waals surface area contributed by atoms with Crippen molar-refractivity contribution in [1.82, 2.24) is 16.1 Å². The molecular formula is C27H29N3O5. The lowest BCUT2D eigenvalue weighted by atomic mass is 10.0. The smallest absolute Gasteiger partial charge is 0.326 e. The first-order valence-corrected chi connectivity index (χ1v) is 11.3. The van der Waals surface area contributed by atoms with Crippen LogP contribution >= 0.6 is 0 Å². The molecule has 0 aliphatic carbocycles. The number of nitrogens with one attached hydrogen (secondary N) is 3. The first-order valence-electron chi connectivity index (χ1n) is 11.3. The second-order valence-electron chi connectivity index (χ2n) is 7.99. The van der Waals surface area contributed by atoms with Crippen LogP contribution in [-0.2, 0) is 38.7 Å². The Kier molecular flexibility index (Phi) is 9.98. The van der Waals surface area contributed by atoms with Crippen LogP contribution in [0.3, 0.4) is 0 Å². The Morgan fingerprint density at radius 1 is 0.686 bits per heavy atom. The zero-order valence-electron chi connectivity index (χ0n) is 19.2. The van der Waals surface area contributed by atoms with E-state index in [1.807, 2.05) is 66.7 Å². The highest BCUT2D eigenvalue weighted by Gasteiger charge is 2.27. The van der Waals surface area contributed by atoms with Crippen LogP contribution in [0.5, 0.6) is 0 Å². The summed E-state index contributed by atoms with van der Waals surface area (Å²) < 4.78 is 0. The van der Waals surface area contributed by atoms with Crippen molar-refractivity contribution < 1.29 is 24.3 Å². The van der Waals surface area contributed by atoms with E-state index >= 15 is 0 Å². The normalized spacial score (nSPS) is 12.3. The largest absolute Gasteiger partial charge is 0.480 e. The van der Waals surface area contributed by atoms with E-state index in [9.17, 15) is 19.5 Å².